The van der Waals surface area contributed by atoms with E-state index < -0.39 is 0 Å². The van der Waals surface area contributed by atoms with Gasteiger partial charge in [0.25, 0.3) is 0 Å². The molecule has 0 unspecified atom stereocenters. The zero-order valence-corrected chi connectivity index (χ0v) is 14.5. The molecule has 1 N–H and O–H groups in total. The standard InChI is InChI=1S/C18H28N2O2/c1-13-6-7-15(20-8-10-22-11-9-20)14(2)17(13)19-16(21)12-18(3,4)5/h6-7H,8-12H2,1-5H3,(H,19,21). The average Bonchev–Trinajstić information content (AvgIpc) is 2.42. The maximum atomic E-state index is 12.3. The molecule has 0 spiro atoms. The highest BCUT2D eigenvalue weighted by Crippen LogP contribution is 2.31. The molecule has 0 radical (unpaired) electrons. The van der Waals surface area contributed by atoms with E-state index in [0.29, 0.717) is 6.42 Å². The van der Waals surface area contributed by atoms with E-state index in [2.05, 4.69) is 50.0 Å². The van der Waals surface area contributed by atoms with Gasteiger partial charge in [-0.2, -0.15) is 0 Å². The number of rotatable bonds is 3. The van der Waals surface area contributed by atoms with E-state index in [-0.39, 0.29) is 11.3 Å². The summed E-state index contributed by atoms with van der Waals surface area (Å²) in [6.07, 6.45) is 0.521. The van der Waals surface area contributed by atoms with Crippen LogP contribution in [0.25, 0.3) is 0 Å². The Labute approximate surface area is 133 Å². The number of morpholine rings is 1. The van der Waals surface area contributed by atoms with Gasteiger partial charge in [0.2, 0.25) is 5.91 Å². The first kappa shape index (κ1) is 16.8. The molecule has 122 valence electrons. The number of benzene rings is 1. The number of carbonyl (C=O) groups is 1. The highest BCUT2D eigenvalue weighted by molar-refractivity contribution is 5.93. The number of nitrogens with zero attached hydrogens (tertiary/aromatic N) is 1. The lowest BCUT2D eigenvalue weighted by Gasteiger charge is -2.31. The van der Waals surface area contributed by atoms with E-state index in [1.54, 1.807) is 0 Å². The Morgan fingerprint density at radius 2 is 1.86 bits per heavy atom. The minimum Gasteiger partial charge on any atom is -0.378 e. The van der Waals surface area contributed by atoms with Crippen molar-refractivity contribution in [1.82, 2.24) is 0 Å². The summed E-state index contributed by atoms with van der Waals surface area (Å²) < 4.78 is 5.42. The van der Waals surface area contributed by atoms with Gasteiger partial charge in [-0.25, -0.2) is 0 Å². The lowest BCUT2D eigenvalue weighted by Crippen LogP contribution is -2.36. The molecular weight excluding hydrogens is 276 g/mol. The third-order valence-electron chi connectivity index (χ3n) is 3.95. The predicted octanol–water partition coefficient (Wildman–Crippen LogP) is 3.51. The van der Waals surface area contributed by atoms with Crippen molar-refractivity contribution >= 4 is 17.3 Å². The highest BCUT2D eigenvalue weighted by Gasteiger charge is 2.20. The summed E-state index contributed by atoms with van der Waals surface area (Å²) in [7, 11) is 0. The summed E-state index contributed by atoms with van der Waals surface area (Å²) >= 11 is 0. The number of hydrogen-bond acceptors (Lipinski definition) is 3. The summed E-state index contributed by atoms with van der Waals surface area (Å²) in [5, 5.41) is 3.12. The Bertz CT molecular complexity index is 541. The van der Waals surface area contributed by atoms with Crippen molar-refractivity contribution < 1.29 is 9.53 Å². The van der Waals surface area contributed by atoms with Gasteiger partial charge in [-0.05, 0) is 36.5 Å². The Kier molecular flexibility index (Phi) is 5.12. The topological polar surface area (TPSA) is 41.6 Å². The van der Waals surface area contributed by atoms with E-state index in [1.165, 1.54) is 5.69 Å². The van der Waals surface area contributed by atoms with Gasteiger partial charge in [0.1, 0.15) is 0 Å². The fraction of sp³-hybridized carbons (Fsp3) is 0.611. The number of hydrogen-bond donors (Lipinski definition) is 1. The number of carbonyl (C=O) groups excluding carboxylic acids is 1. The third-order valence-corrected chi connectivity index (χ3v) is 3.95. The molecule has 0 aliphatic carbocycles. The van der Waals surface area contributed by atoms with Gasteiger partial charge in [0, 0.05) is 30.9 Å². The van der Waals surface area contributed by atoms with Gasteiger partial charge in [-0.1, -0.05) is 26.8 Å². The zero-order chi connectivity index (χ0) is 16.3. The van der Waals surface area contributed by atoms with Crippen molar-refractivity contribution in [2.24, 2.45) is 5.41 Å². The van der Waals surface area contributed by atoms with E-state index >= 15 is 0 Å². The van der Waals surface area contributed by atoms with Gasteiger partial charge < -0.3 is 15.0 Å². The van der Waals surface area contributed by atoms with Crippen LogP contribution in [0.15, 0.2) is 12.1 Å². The molecule has 1 aromatic rings. The molecule has 1 heterocycles. The summed E-state index contributed by atoms with van der Waals surface area (Å²) in [6, 6.07) is 4.24. The zero-order valence-electron chi connectivity index (χ0n) is 14.5. The van der Waals surface area contributed by atoms with Crippen molar-refractivity contribution in [1.29, 1.82) is 0 Å². The molecule has 0 bridgehead atoms. The van der Waals surface area contributed by atoms with Crippen LogP contribution >= 0.6 is 0 Å². The molecule has 0 aromatic heterocycles. The van der Waals surface area contributed by atoms with Gasteiger partial charge >= 0.3 is 0 Å². The first-order valence-electron chi connectivity index (χ1n) is 8.01. The van der Waals surface area contributed by atoms with E-state index in [0.717, 1.165) is 43.1 Å². The normalized spacial score (nSPS) is 15.8. The summed E-state index contributed by atoms with van der Waals surface area (Å²) in [5.41, 5.74) is 4.40. The molecule has 22 heavy (non-hydrogen) atoms. The molecule has 0 saturated carbocycles. The molecule has 2 rings (SSSR count). The fourth-order valence-corrected chi connectivity index (χ4v) is 2.84. The molecule has 1 fully saturated rings. The van der Waals surface area contributed by atoms with E-state index in [1.807, 2.05) is 6.92 Å². The van der Waals surface area contributed by atoms with Crippen molar-refractivity contribution in [3.8, 4) is 0 Å². The predicted molar refractivity (Wildman–Crippen MR) is 91.6 cm³/mol. The van der Waals surface area contributed by atoms with Crippen molar-refractivity contribution in [2.45, 2.75) is 41.0 Å². The fourth-order valence-electron chi connectivity index (χ4n) is 2.84. The number of aryl methyl sites for hydroxylation is 1. The number of ether oxygens (including phenoxy) is 1. The Morgan fingerprint density at radius 1 is 1.23 bits per heavy atom. The van der Waals surface area contributed by atoms with Crippen molar-refractivity contribution in [2.75, 3.05) is 36.5 Å². The van der Waals surface area contributed by atoms with Crippen molar-refractivity contribution in [3.63, 3.8) is 0 Å². The van der Waals surface area contributed by atoms with Gasteiger partial charge in [-0.15, -0.1) is 0 Å². The SMILES string of the molecule is Cc1ccc(N2CCOCC2)c(C)c1NC(=O)CC(C)(C)C. The molecule has 4 heteroatoms. The molecule has 1 aliphatic rings. The Morgan fingerprint density at radius 3 is 2.45 bits per heavy atom. The minimum atomic E-state index is -0.00624. The highest BCUT2D eigenvalue weighted by atomic mass is 16.5. The number of nitrogens with one attached hydrogen (secondary N) is 1. The van der Waals surface area contributed by atoms with E-state index in [4.69, 9.17) is 4.74 Å². The summed E-state index contributed by atoms with van der Waals surface area (Å²) in [6.45, 7) is 13.7. The van der Waals surface area contributed by atoms with Crippen LogP contribution in [0.5, 0.6) is 0 Å². The number of amides is 1. The Hall–Kier alpha value is -1.55. The lowest BCUT2D eigenvalue weighted by atomic mass is 9.92. The first-order chi connectivity index (χ1) is 10.3. The molecule has 1 saturated heterocycles. The summed E-state index contributed by atoms with van der Waals surface area (Å²) in [5.74, 6) is 0.0813. The maximum absolute atomic E-state index is 12.3. The van der Waals surface area contributed by atoms with Crippen LogP contribution in [-0.2, 0) is 9.53 Å². The van der Waals surface area contributed by atoms with Gasteiger partial charge in [-0.3, -0.25) is 4.79 Å². The second-order valence-electron chi connectivity index (χ2n) is 7.29. The molecule has 1 aromatic carbocycles. The third kappa shape index (κ3) is 4.23. The Balaban J connectivity index is 2.21. The van der Waals surface area contributed by atoms with E-state index in [9.17, 15) is 4.79 Å². The van der Waals surface area contributed by atoms with Gasteiger partial charge in [0.15, 0.2) is 0 Å². The summed E-state index contributed by atoms with van der Waals surface area (Å²) in [4.78, 5) is 14.6. The quantitative estimate of drug-likeness (QED) is 0.929. The smallest absolute Gasteiger partial charge is 0.224 e. The maximum Gasteiger partial charge on any atom is 0.224 e. The monoisotopic (exact) mass is 304 g/mol. The van der Waals surface area contributed by atoms with Crippen LogP contribution in [0.4, 0.5) is 11.4 Å². The molecular formula is C18H28N2O2. The van der Waals surface area contributed by atoms with Crippen LogP contribution in [-0.4, -0.2) is 32.2 Å². The van der Waals surface area contributed by atoms with Crippen LogP contribution in [0.1, 0.15) is 38.3 Å². The average molecular weight is 304 g/mol. The molecule has 0 atom stereocenters. The lowest BCUT2D eigenvalue weighted by molar-refractivity contribution is -0.117. The number of anilines is 2. The van der Waals surface area contributed by atoms with Gasteiger partial charge in [0.05, 0.1) is 13.2 Å². The first-order valence-corrected chi connectivity index (χ1v) is 8.01. The van der Waals surface area contributed by atoms with Crippen LogP contribution < -0.4 is 10.2 Å². The molecule has 1 aliphatic heterocycles. The molecule has 1 amide bonds. The van der Waals surface area contributed by atoms with Crippen LogP contribution in [0.2, 0.25) is 0 Å². The second kappa shape index (κ2) is 6.69. The largest absolute Gasteiger partial charge is 0.378 e. The van der Waals surface area contributed by atoms with Crippen LogP contribution in [0.3, 0.4) is 0 Å². The molecule has 4 nitrogen and oxygen atoms in total. The minimum absolute atomic E-state index is 0.00624. The second-order valence-corrected chi connectivity index (χ2v) is 7.29. The van der Waals surface area contributed by atoms with Crippen molar-refractivity contribution in [3.05, 3.63) is 23.3 Å². The van der Waals surface area contributed by atoms with Crippen LogP contribution in [0, 0.1) is 19.3 Å².